The van der Waals surface area contributed by atoms with Crippen LogP contribution in [0, 0.1) is 5.92 Å². The highest BCUT2D eigenvalue weighted by Gasteiger charge is 2.58. The lowest BCUT2D eigenvalue weighted by Gasteiger charge is -2.49. The SMILES string of the molecule is CCCC[C@@]12c3cc(OC)c(OC)cc3CCN1C(=O)C[C@H]2C(Sc1ccccc1)Sc1ccccc1. The van der Waals surface area contributed by atoms with Gasteiger partial charge in [0.05, 0.1) is 24.3 Å². The molecule has 3 aromatic carbocycles. The van der Waals surface area contributed by atoms with Gasteiger partial charge in [-0.15, -0.1) is 23.5 Å². The molecule has 4 nitrogen and oxygen atoms in total. The van der Waals surface area contributed by atoms with Crippen LogP contribution in [0.1, 0.15) is 43.7 Å². The molecule has 0 spiro atoms. The van der Waals surface area contributed by atoms with Crippen molar-refractivity contribution in [1.29, 1.82) is 0 Å². The Bertz CT molecular complexity index is 1180. The number of nitrogens with zero attached hydrogens (tertiary/aromatic N) is 1. The number of carbonyl (C=O) groups is 1. The molecule has 6 heteroatoms. The van der Waals surface area contributed by atoms with Crippen molar-refractivity contribution in [2.45, 2.75) is 58.9 Å². The maximum Gasteiger partial charge on any atom is 0.223 e. The minimum Gasteiger partial charge on any atom is -0.493 e. The van der Waals surface area contributed by atoms with Crippen LogP contribution in [0.4, 0.5) is 0 Å². The highest BCUT2D eigenvalue weighted by molar-refractivity contribution is 8.17. The van der Waals surface area contributed by atoms with E-state index in [1.165, 1.54) is 20.9 Å². The molecule has 0 aliphatic carbocycles. The minimum absolute atomic E-state index is 0.138. The van der Waals surface area contributed by atoms with Crippen LogP contribution in [0.15, 0.2) is 82.6 Å². The van der Waals surface area contributed by atoms with Crippen LogP contribution in [0.5, 0.6) is 11.5 Å². The predicted octanol–water partition coefficient (Wildman–Crippen LogP) is 7.40. The van der Waals surface area contributed by atoms with E-state index >= 15 is 0 Å². The molecule has 2 aliphatic rings. The number of ether oxygens (including phenoxy) is 2. The maximum absolute atomic E-state index is 13.7. The van der Waals surface area contributed by atoms with E-state index in [-0.39, 0.29) is 21.9 Å². The first-order valence-electron chi connectivity index (χ1n) is 13.1. The number of benzene rings is 3. The van der Waals surface area contributed by atoms with E-state index in [4.69, 9.17) is 9.47 Å². The van der Waals surface area contributed by atoms with Crippen molar-refractivity contribution in [2.24, 2.45) is 5.92 Å². The number of fused-ring (bicyclic) bond motifs is 3. The third-order valence-corrected chi connectivity index (χ3v) is 10.5. The average Bonchev–Trinajstić information content (AvgIpc) is 3.24. The van der Waals surface area contributed by atoms with E-state index in [0.29, 0.717) is 6.42 Å². The third-order valence-electron chi connectivity index (χ3n) is 7.70. The van der Waals surface area contributed by atoms with Crippen LogP contribution in [-0.2, 0) is 16.8 Å². The van der Waals surface area contributed by atoms with Gasteiger partial charge in [-0.2, -0.15) is 0 Å². The minimum atomic E-state index is -0.367. The molecule has 1 saturated heterocycles. The van der Waals surface area contributed by atoms with Crippen LogP contribution in [0.25, 0.3) is 0 Å². The molecule has 194 valence electrons. The third kappa shape index (κ3) is 4.98. The van der Waals surface area contributed by atoms with Crippen molar-refractivity contribution in [3.63, 3.8) is 0 Å². The Balaban J connectivity index is 1.66. The summed E-state index contributed by atoms with van der Waals surface area (Å²) in [6.45, 7) is 2.99. The first-order chi connectivity index (χ1) is 18.1. The molecule has 37 heavy (non-hydrogen) atoms. The smallest absolute Gasteiger partial charge is 0.223 e. The van der Waals surface area contributed by atoms with E-state index in [9.17, 15) is 4.79 Å². The molecule has 0 N–H and O–H groups in total. The largest absolute Gasteiger partial charge is 0.493 e. The Morgan fingerprint density at radius 1 is 0.946 bits per heavy atom. The Hall–Kier alpha value is -2.57. The molecule has 0 aromatic heterocycles. The number of amides is 1. The van der Waals surface area contributed by atoms with Gasteiger partial charge in [-0.1, -0.05) is 56.2 Å². The molecule has 2 heterocycles. The van der Waals surface area contributed by atoms with Gasteiger partial charge in [-0.05, 0) is 60.4 Å². The van der Waals surface area contributed by atoms with Crippen molar-refractivity contribution >= 4 is 29.4 Å². The number of carbonyl (C=O) groups excluding carboxylic acids is 1. The molecule has 2 aliphatic heterocycles. The first-order valence-corrected chi connectivity index (χ1v) is 14.9. The summed E-state index contributed by atoms with van der Waals surface area (Å²) in [7, 11) is 3.39. The average molecular weight is 534 g/mol. The molecule has 3 aromatic rings. The van der Waals surface area contributed by atoms with Crippen molar-refractivity contribution in [1.82, 2.24) is 4.90 Å². The van der Waals surface area contributed by atoms with Gasteiger partial charge >= 0.3 is 0 Å². The Kier molecular flexibility index (Phi) is 8.06. The number of methoxy groups -OCH3 is 2. The second-order valence-electron chi connectivity index (χ2n) is 9.73. The summed E-state index contributed by atoms with van der Waals surface area (Å²) in [6, 6.07) is 25.5. The quantitative estimate of drug-likeness (QED) is 0.200. The van der Waals surface area contributed by atoms with Crippen LogP contribution < -0.4 is 9.47 Å². The first kappa shape index (κ1) is 26.1. The summed E-state index contributed by atoms with van der Waals surface area (Å²) in [5.74, 6) is 1.91. The van der Waals surface area contributed by atoms with Gasteiger partial charge in [-0.25, -0.2) is 0 Å². The zero-order valence-corrected chi connectivity index (χ0v) is 23.4. The molecule has 5 rings (SSSR count). The molecule has 0 bridgehead atoms. The fourth-order valence-corrected chi connectivity index (χ4v) is 9.00. The van der Waals surface area contributed by atoms with E-state index in [1.807, 2.05) is 23.5 Å². The van der Waals surface area contributed by atoms with Crippen LogP contribution in [-0.4, -0.2) is 36.2 Å². The second-order valence-corrected chi connectivity index (χ2v) is 12.5. The summed E-state index contributed by atoms with van der Waals surface area (Å²) in [4.78, 5) is 18.4. The molecule has 2 atom stereocenters. The van der Waals surface area contributed by atoms with Gasteiger partial charge < -0.3 is 14.4 Å². The number of hydrogen-bond acceptors (Lipinski definition) is 5. The fourth-order valence-electron chi connectivity index (χ4n) is 6.00. The molecule has 1 fully saturated rings. The molecule has 1 amide bonds. The van der Waals surface area contributed by atoms with E-state index in [1.54, 1.807) is 14.2 Å². The Morgan fingerprint density at radius 2 is 1.54 bits per heavy atom. The molecule has 0 radical (unpaired) electrons. The highest BCUT2D eigenvalue weighted by atomic mass is 32.2. The highest BCUT2D eigenvalue weighted by Crippen LogP contribution is 2.58. The summed E-state index contributed by atoms with van der Waals surface area (Å²) >= 11 is 3.78. The fraction of sp³-hybridized carbons (Fsp3) is 0.387. The Labute approximate surface area is 229 Å². The summed E-state index contributed by atoms with van der Waals surface area (Å²) in [6.07, 6.45) is 4.49. The summed E-state index contributed by atoms with van der Waals surface area (Å²) in [5.41, 5.74) is 2.15. The van der Waals surface area contributed by atoms with Gasteiger partial charge in [0.25, 0.3) is 0 Å². The van der Waals surface area contributed by atoms with E-state index in [2.05, 4.69) is 84.6 Å². The van der Waals surface area contributed by atoms with Crippen molar-refractivity contribution in [2.75, 3.05) is 20.8 Å². The van der Waals surface area contributed by atoms with E-state index < -0.39 is 0 Å². The summed E-state index contributed by atoms with van der Waals surface area (Å²) < 4.78 is 11.6. The Morgan fingerprint density at radius 3 is 2.11 bits per heavy atom. The van der Waals surface area contributed by atoms with Gasteiger partial charge in [0, 0.05) is 28.7 Å². The number of rotatable bonds is 10. The molecular formula is C31H35NO3S2. The van der Waals surface area contributed by atoms with Gasteiger partial charge in [0.15, 0.2) is 11.5 Å². The molecule has 0 unspecified atom stereocenters. The lowest BCUT2D eigenvalue weighted by Crippen LogP contribution is -2.52. The number of thioether (sulfide) groups is 2. The van der Waals surface area contributed by atoms with E-state index in [0.717, 1.165) is 43.7 Å². The van der Waals surface area contributed by atoms with Gasteiger partial charge in [0.1, 0.15) is 0 Å². The number of hydrogen-bond donors (Lipinski definition) is 0. The molecular weight excluding hydrogens is 498 g/mol. The second kappa shape index (κ2) is 11.4. The maximum atomic E-state index is 13.7. The monoisotopic (exact) mass is 533 g/mol. The van der Waals surface area contributed by atoms with Crippen molar-refractivity contribution in [3.05, 3.63) is 83.9 Å². The van der Waals surface area contributed by atoms with Crippen LogP contribution >= 0.6 is 23.5 Å². The zero-order chi connectivity index (χ0) is 25.8. The van der Waals surface area contributed by atoms with Crippen LogP contribution in [0.2, 0.25) is 0 Å². The predicted molar refractivity (Wildman–Crippen MR) is 153 cm³/mol. The topological polar surface area (TPSA) is 38.8 Å². The van der Waals surface area contributed by atoms with Crippen molar-refractivity contribution < 1.29 is 14.3 Å². The molecule has 0 saturated carbocycles. The standard InChI is InChI=1S/C31H35NO3S2/c1-4-5-17-31-25-20-28(35-3)27(34-2)19-22(25)16-18-32(31)29(33)21-26(31)30(36-23-12-8-6-9-13-23)37-24-14-10-7-11-15-24/h6-15,19-20,26,30H,4-5,16-18,21H2,1-3H3/t26-,31-/m0/s1. The number of unbranched alkanes of at least 4 members (excludes halogenated alkanes) is 1. The van der Waals surface area contributed by atoms with Gasteiger partial charge in [0.2, 0.25) is 5.91 Å². The zero-order valence-electron chi connectivity index (χ0n) is 21.8. The van der Waals surface area contributed by atoms with Crippen LogP contribution in [0.3, 0.4) is 0 Å². The summed E-state index contributed by atoms with van der Waals surface area (Å²) in [5, 5.41) is 0. The normalized spacial score (nSPS) is 20.6. The lowest BCUT2D eigenvalue weighted by molar-refractivity contribution is -0.132. The van der Waals surface area contributed by atoms with Crippen molar-refractivity contribution in [3.8, 4) is 11.5 Å². The van der Waals surface area contributed by atoms with Gasteiger partial charge in [-0.3, -0.25) is 4.79 Å². The lowest BCUT2D eigenvalue weighted by atomic mass is 9.71.